The van der Waals surface area contributed by atoms with Crippen LogP contribution in [0.15, 0.2) is 41.8 Å². The minimum Gasteiger partial charge on any atom is -0.342 e. The number of nitrogens with zero attached hydrogens (tertiary/aromatic N) is 4. The molecule has 0 fully saturated rings. The van der Waals surface area contributed by atoms with E-state index in [4.69, 9.17) is 0 Å². The zero-order chi connectivity index (χ0) is 17.0. The first kappa shape index (κ1) is 17.1. The molecule has 0 radical (unpaired) electrons. The van der Waals surface area contributed by atoms with Gasteiger partial charge in [-0.15, -0.1) is 10.2 Å². The lowest BCUT2D eigenvalue weighted by Crippen LogP contribution is -2.38. The fourth-order valence-electron chi connectivity index (χ4n) is 2.42. The molecule has 124 valence electrons. The normalized spacial score (nSPS) is 12.8. The van der Waals surface area contributed by atoms with Gasteiger partial charge in [0, 0.05) is 20.1 Å². The van der Waals surface area contributed by atoms with Crippen molar-refractivity contribution in [3.8, 4) is 0 Å². The lowest BCUT2D eigenvalue weighted by molar-refractivity contribution is -0.130. The Labute approximate surface area is 135 Å². The molecular formula is C15H20N4O3S. The van der Waals surface area contributed by atoms with Crippen LogP contribution in [0.2, 0.25) is 0 Å². The summed E-state index contributed by atoms with van der Waals surface area (Å²) in [5.41, 5.74) is 0.424. The Kier molecular flexibility index (Phi) is 5.15. The van der Waals surface area contributed by atoms with Crippen molar-refractivity contribution in [2.45, 2.75) is 24.3 Å². The molecule has 0 saturated heterocycles. The molecule has 2 aromatic rings. The van der Waals surface area contributed by atoms with E-state index in [1.165, 1.54) is 22.8 Å². The number of aromatic nitrogens is 3. The number of carbonyl (C=O) groups excluding carboxylic acids is 1. The van der Waals surface area contributed by atoms with Crippen LogP contribution in [0, 0.1) is 0 Å². The van der Waals surface area contributed by atoms with Gasteiger partial charge in [-0.1, -0.05) is 30.3 Å². The predicted octanol–water partition coefficient (Wildman–Crippen LogP) is 1.20. The van der Waals surface area contributed by atoms with Crippen molar-refractivity contribution < 1.29 is 13.2 Å². The molecule has 1 aromatic carbocycles. The van der Waals surface area contributed by atoms with Gasteiger partial charge < -0.3 is 9.47 Å². The van der Waals surface area contributed by atoms with Crippen molar-refractivity contribution in [2.24, 2.45) is 7.05 Å². The minimum absolute atomic E-state index is 0.216. The number of hydrogen-bond acceptors (Lipinski definition) is 5. The van der Waals surface area contributed by atoms with Crippen LogP contribution in [0.3, 0.4) is 0 Å². The maximum atomic E-state index is 13.0. The maximum absolute atomic E-state index is 13.0. The molecular weight excluding hydrogens is 316 g/mol. The topological polar surface area (TPSA) is 85.2 Å². The van der Waals surface area contributed by atoms with Crippen molar-refractivity contribution in [2.75, 3.05) is 13.1 Å². The van der Waals surface area contributed by atoms with Gasteiger partial charge in [0.25, 0.3) is 0 Å². The highest BCUT2D eigenvalue weighted by molar-refractivity contribution is 7.92. The molecule has 0 spiro atoms. The number of hydrogen-bond donors (Lipinski definition) is 0. The quantitative estimate of drug-likeness (QED) is 0.791. The summed E-state index contributed by atoms with van der Waals surface area (Å²) in [5, 5.41) is 5.76. The molecule has 1 heterocycles. The van der Waals surface area contributed by atoms with Gasteiger partial charge in [-0.05, 0) is 19.4 Å². The second-order valence-electron chi connectivity index (χ2n) is 5.07. The molecule has 0 aliphatic rings. The summed E-state index contributed by atoms with van der Waals surface area (Å²) in [7, 11) is -2.47. The Morgan fingerprint density at radius 2 is 1.83 bits per heavy atom. The molecule has 1 aromatic heterocycles. The SMILES string of the molecule is CCN(CC)C(=O)[C@H](c1ccccc1)S(=O)(=O)c1nncn1C. The Morgan fingerprint density at radius 1 is 1.22 bits per heavy atom. The predicted molar refractivity (Wildman–Crippen MR) is 85.3 cm³/mol. The van der Waals surface area contributed by atoms with Crippen LogP contribution in [-0.4, -0.2) is 47.1 Å². The van der Waals surface area contributed by atoms with E-state index in [1.54, 1.807) is 30.3 Å². The molecule has 7 nitrogen and oxygen atoms in total. The van der Waals surface area contributed by atoms with Crippen LogP contribution in [0.1, 0.15) is 24.7 Å². The first-order valence-corrected chi connectivity index (χ1v) is 8.89. The fourth-order valence-corrected chi connectivity index (χ4v) is 4.17. The Morgan fingerprint density at radius 3 is 2.30 bits per heavy atom. The Bertz CT molecular complexity index is 767. The zero-order valence-corrected chi connectivity index (χ0v) is 14.2. The van der Waals surface area contributed by atoms with Crippen molar-refractivity contribution >= 4 is 15.7 Å². The largest absolute Gasteiger partial charge is 0.342 e. The van der Waals surface area contributed by atoms with Gasteiger partial charge in [-0.3, -0.25) is 4.79 Å². The fraction of sp³-hybridized carbons (Fsp3) is 0.400. The highest BCUT2D eigenvalue weighted by Crippen LogP contribution is 2.29. The number of carbonyl (C=O) groups is 1. The van der Waals surface area contributed by atoms with Crippen LogP contribution in [-0.2, 0) is 21.7 Å². The lowest BCUT2D eigenvalue weighted by Gasteiger charge is -2.25. The molecule has 1 amide bonds. The van der Waals surface area contributed by atoms with Crippen LogP contribution < -0.4 is 0 Å². The third-order valence-electron chi connectivity index (χ3n) is 3.64. The van der Waals surface area contributed by atoms with E-state index in [0.717, 1.165) is 0 Å². The molecule has 0 unspecified atom stereocenters. The molecule has 0 aliphatic carbocycles. The van der Waals surface area contributed by atoms with Crippen molar-refractivity contribution in [1.29, 1.82) is 0 Å². The summed E-state index contributed by atoms with van der Waals surface area (Å²) < 4.78 is 27.3. The third kappa shape index (κ3) is 3.26. The van der Waals surface area contributed by atoms with Gasteiger partial charge in [0.2, 0.25) is 20.9 Å². The molecule has 0 aliphatic heterocycles. The van der Waals surface area contributed by atoms with E-state index < -0.39 is 21.0 Å². The Hall–Kier alpha value is -2.22. The van der Waals surface area contributed by atoms with E-state index in [0.29, 0.717) is 18.7 Å². The maximum Gasteiger partial charge on any atom is 0.250 e. The number of rotatable bonds is 6. The van der Waals surface area contributed by atoms with Crippen LogP contribution in [0.4, 0.5) is 0 Å². The van der Waals surface area contributed by atoms with E-state index in [9.17, 15) is 13.2 Å². The minimum atomic E-state index is -4.01. The van der Waals surface area contributed by atoms with Gasteiger partial charge in [-0.25, -0.2) is 8.42 Å². The summed E-state index contributed by atoms with van der Waals surface area (Å²) in [6, 6.07) is 8.48. The van der Waals surface area contributed by atoms with Crippen LogP contribution in [0.5, 0.6) is 0 Å². The number of benzene rings is 1. The van der Waals surface area contributed by atoms with Crippen molar-refractivity contribution in [3.05, 3.63) is 42.2 Å². The van der Waals surface area contributed by atoms with Crippen molar-refractivity contribution in [3.63, 3.8) is 0 Å². The summed E-state index contributed by atoms with van der Waals surface area (Å²) in [5.74, 6) is -0.454. The van der Waals surface area contributed by atoms with E-state index in [1.807, 2.05) is 13.8 Å². The number of aryl methyl sites for hydroxylation is 1. The summed E-state index contributed by atoms with van der Waals surface area (Å²) in [4.78, 5) is 14.4. The molecule has 0 bridgehead atoms. The smallest absolute Gasteiger partial charge is 0.250 e. The van der Waals surface area contributed by atoms with Gasteiger partial charge in [0.05, 0.1) is 0 Å². The van der Waals surface area contributed by atoms with Gasteiger partial charge in [-0.2, -0.15) is 0 Å². The van der Waals surface area contributed by atoms with Gasteiger partial charge >= 0.3 is 0 Å². The van der Waals surface area contributed by atoms with Gasteiger partial charge in [0.15, 0.2) is 5.25 Å². The monoisotopic (exact) mass is 336 g/mol. The lowest BCUT2D eigenvalue weighted by atomic mass is 10.1. The zero-order valence-electron chi connectivity index (χ0n) is 13.4. The van der Waals surface area contributed by atoms with E-state index in [-0.39, 0.29) is 5.16 Å². The highest BCUT2D eigenvalue weighted by Gasteiger charge is 2.40. The number of sulfone groups is 1. The third-order valence-corrected chi connectivity index (χ3v) is 5.61. The standard InChI is InChI=1S/C15H20N4O3S/c1-4-19(5-2)14(20)13(12-9-7-6-8-10-12)23(21,22)15-17-16-11-18(15)3/h6-11,13H,4-5H2,1-3H3/t13-/m0/s1. The van der Waals surface area contributed by atoms with E-state index in [2.05, 4.69) is 10.2 Å². The summed E-state index contributed by atoms with van der Waals surface area (Å²) in [6.07, 6.45) is 1.30. The van der Waals surface area contributed by atoms with Crippen molar-refractivity contribution in [1.82, 2.24) is 19.7 Å². The number of likely N-dealkylation sites (N-methyl/N-ethyl adjacent to an activating group) is 1. The molecule has 0 N–H and O–H groups in total. The number of amides is 1. The Balaban J connectivity index is 2.59. The molecule has 1 atom stereocenters. The molecule has 0 saturated carbocycles. The summed E-state index contributed by atoms with van der Waals surface area (Å²) >= 11 is 0. The van der Waals surface area contributed by atoms with Crippen LogP contribution >= 0.6 is 0 Å². The molecule has 23 heavy (non-hydrogen) atoms. The highest BCUT2D eigenvalue weighted by atomic mass is 32.2. The average molecular weight is 336 g/mol. The second kappa shape index (κ2) is 6.91. The average Bonchev–Trinajstić information content (AvgIpc) is 2.96. The van der Waals surface area contributed by atoms with E-state index >= 15 is 0 Å². The first-order valence-electron chi connectivity index (χ1n) is 7.35. The first-order chi connectivity index (χ1) is 10.9. The second-order valence-corrected chi connectivity index (χ2v) is 7.00. The van der Waals surface area contributed by atoms with Gasteiger partial charge in [0.1, 0.15) is 6.33 Å². The molecule has 2 rings (SSSR count). The summed E-state index contributed by atoms with van der Waals surface area (Å²) in [6.45, 7) is 4.51. The van der Waals surface area contributed by atoms with Crippen LogP contribution in [0.25, 0.3) is 0 Å². The molecule has 8 heteroatoms.